The zero-order valence-corrected chi connectivity index (χ0v) is 11.6. The average Bonchev–Trinajstić information content (AvgIpc) is 2.69. The van der Waals surface area contributed by atoms with Crippen LogP contribution in [-0.4, -0.2) is 62.3 Å². The van der Waals surface area contributed by atoms with Gasteiger partial charge in [0, 0.05) is 25.2 Å². The topological polar surface area (TPSA) is 53.6 Å². The Morgan fingerprint density at radius 2 is 2.22 bits per heavy atom. The number of nitrogens with one attached hydrogen (secondary N) is 2. The van der Waals surface area contributed by atoms with Crippen LogP contribution in [0.2, 0.25) is 0 Å². The lowest BCUT2D eigenvalue weighted by Gasteiger charge is -2.36. The molecule has 2 N–H and O–H groups in total. The van der Waals surface area contributed by atoms with E-state index in [-0.39, 0.29) is 11.9 Å². The molecule has 18 heavy (non-hydrogen) atoms. The Balaban J connectivity index is 1.82. The highest BCUT2D eigenvalue weighted by Gasteiger charge is 2.38. The maximum atomic E-state index is 11.6. The van der Waals surface area contributed by atoms with Crippen molar-refractivity contribution in [3.05, 3.63) is 0 Å². The molecule has 5 heteroatoms. The van der Waals surface area contributed by atoms with Crippen LogP contribution in [0.25, 0.3) is 0 Å². The first-order valence-corrected chi connectivity index (χ1v) is 6.89. The molecule has 0 radical (unpaired) electrons. The highest BCUT2D eigenvalue weighted by atomic mass is 16.5. The molecule has 0 aromatic rings. The second-order valence-corrected chi connectivity index (χ2v) is 5.75. The number of morpholine rings is 1. The zero-order valence-electron chi connectivity index (χ0n) is 11.6. The van der Waals surface area contributed by atoms with Crippen LogP contribution in [-0.2, 0) is 9.53 Å². The molecule has 2 rings (SSSR count). The molecule has 2 fully saturated rings. The minimum absolute atomic E-state index is 0.0867. The van der Waals surface area contributed by atoms with Gasteiger partial charge in [0.2, 0.25) is 5.91 Å². The van der Waals surface area contributed by atoms with Gasteiger partial charge in [0.25, 0.3) is 0 Å². The number of hydrogen-bond acceptors (Lipinski definition) is 4. The first-order valence-electron chi connectivity index (χ1n) is 6.89. The molecule has 1 amide bonds. The fraction of sp³-hybridized carbons (Fsp3) is 0.923. The van der Waals surface area contributed by atoms with E-state index in [1.54, 1.807) is 7.05 Å². The van der Waals surface area contributed by atoms with Gasteiger partial charge >= 0.3 is 0 Å². The van der Waals surface area contributed by atoms with E-state index in [4.69, 9.17) is 4.74 Å². The van der Waals surface area contributed by atoms with E-state index >= 15 is 0 Å². The maximum Gasteiger partial charge on any atom is 0.234 e. The Morgan fingerprint density at radius 1 is 1.44 bits per heavy atom. The summed E-state index contributed by atoms with van der Waals surface area (Å²) in [5, 5.41) is 5.96. The Morgan fingerprint density at radius 3 is 2.89 bits per heavy atom. The summed E-state index contributed by atoms with van der Waals surface area (Å²) in [6, 6.07) is 0.769. The number of likely N-dealkylation sites (N-methyl/N-ethyl adjacent to an activating group) is 1. The van der Waals surface area contributed by atoms with Crippen molar-refractivity contribution in [2.75, 3.05) is 33.3 Å². The van der Waals surface area contributed by atoms with E-state index in [0.717, 1.165) is 26.1 Å². The smallest absolute Gasteiger partial charge is 0.234 e. The molecule has 2 heterocycles. The molecule has 2 saturated heterocycles. The largest absolute Gasteiger partial charge is 0.375 e. The van der Waals surface area contributed by atoms with Crippen LogP contribution in [0.1, 0.15) is 20.3 Å². The molecule has 0 aromatic heterocycles. The summed E-state index contributed by atoms with van der Waals surface area (Å²) < 4.78 is 5.89. The monoisotopic (exact) mass is 255 g/mol. The van der Waals surface area contributed by atoms with Crippen molar-refractivity contribution >= 4 is 5.91 Å². The van der Waals surface area contributed by atoms with Crippen molar-refractivity contribution in [1.82, 2.24) is 15.5 Å². The number of nitrogens with zero attached hydrogens (tertiary/aromatic N) is 1. The summed E-state index contributed by atoms with van der Waals surface area (Å²) in [6.07, 6.45) is 1.35. The third-order valence-corrected chi connectivity index (χ3v) is 3.89. The molecule has 104 valence electrons. The molecule has 5 nitrogen and oxygen atoms in total. The summed E-state index contributed by atoms with van der Waals surface area (Å²) in [6.45, 7) is 7.57. The number of amides is 1. The van der Waals surface area contributed by atoms with Gasteiger partial charge in [0.1, 0.15) is 0 Å². The number of hydrogen-bond donors (Lipinski definition) is 2. The summed E-state index contributed by atoms with van der Waals surface area (Å²) in [5.74, 6) is 0.646. The predicted octanol–water partition coefficient (Wildman–Crippen LogP) is -0.180. The molecule has 2 aliphatic heterocycles. The summed E-state index contributed by atoms with van der Waals surface area (Å²) in [4.78, 5) is 14.0. The quantitative estimate of drug-likeness (QED) is 0.732. The van der Waals surface area contributed by atoms with Gasteiger partial charge in [-0.25, -0.2) is 0 Å². The van der Waals surface area contributed by atoms with E-state index in [9.17, 15) is 4.79 Å². The van der Waals surface area contributed by atoms with Crippen LogP contribution >= 0.6 is 0 Å². The average molecular weight is 255 g/mol. The Kier molecular flexibility index (Phi) is 4.59. The van der Waals surface area contributed by atoms with Gasteiger partial charge < -0.3 is 15.4 Å². The van der Waals surface area contributed by atoms with Gasteiger partial charge in [-0.05, 0) is 19.4 Å². The highest BCUT2D eigenvalue weighted by Crippen LogP contribution is 2.25. The van der Waals surface area contributed by atoms with Gasteiger partial charge in [0.05, 0.1) is 19.3 Å². The molecular weight excluding hydrogens is 230 g/mol. The van der Waals surface area contributed by atoms with Crippen molar-refractivity contribution in [1.29, 1.82) is 0 Å². The standard InChI is InChI=1S/C13H25N3O2/c1-9(2)12-7-16-6-10(4-11(16)8-18-12)15-13(17)5-14-3/h9-12,14H,4-8H2,1-3H3,(H,15,17)/t10-,11-,12-/m0/s1. The van der Waals surface area contributed by atoms with E-state index in [0.29, 0.717) is 24.6 Å². The van der Waals surface area contributed by atoms with Crippen molar-refractivity contribution in [2.45, 2.75) is 38.5 Å². The third kappa shape index (κ3) is 3.22. The molecule has 0 spiro atoms. The van der Waals surface area contributed by atoms with Crippen LogP contribution < -0.4 is 10.6 Å². The van der Waals surface area contributed by atoms with Gasteiger partial charge in [0.15, 0.2) is 0 Å². The highest BCUT2D eigenvalue weighted by molar-refractivity contribution is 5.78. The normalized spacial score (nSPS) is 32.6. The lowest BCUT2D eigenvalue weighted by molar-refractivity contribution is -0.120. The number of ether oxygens (including phenoxy) is 1. The molecule has 3 atom stereocenters. The van der Waals surface area contributed by atoms with E-state index in [1.807, 2.05) is 0 Å². The van der Waals surface area contributed by atoms with E-state index < -0.39 is 0 Å². The Labute approximate surface area is 109 Å². The lowest BCUT2D eigenvalue weighted by atomic mass is 10.0. The minimum atomic E-state index is 0.0867. The van der Waals surface area contributed by atoms with Crippen molar-refractivity contribution < 1.29 is 9.53 Å². The summed E-state index contributed by atoms with van der Waals surface area (Å²) in [7, 11) is 1.79. The van der Waals surface area contributed by atoms with Gasteiger partial charge in [-0.15, -0.1) is 0 Å². The predicted molar refractivity (Wildman–Crippen MR) is 70.4 cm³/mol. The van der Waals surface area contributed by atoms with Crippen molar-refractivity contribution in [3.8, 4) is 0 Å². The summed E-state index contributed by atoms with van der Waals surface area (Å²) >= 11 is 0. The molecule has 0 aromatic carbocycles. The zero-order chi connectivity index (χ0) is 13.1. The minimum Gasteiger partial charge on any atom is -0.375 e. The molecule has 0 saturated carbocycles. The molecule has 0 unspecified atom stereocenters. The van der Waals surface area contributed by atoms with Gasteiger partial charge in [-0.3, -0.25) is 9.69 Å². The number of carbonyl (C=O) groups is 1. The second kappa shape index (κ2) is 5.99. The maximum absolute atomic E-state index is 11.6. The lowest BCUT2D eigenvalue weighted by Crippen LogP contribution is -2.48. The fourth-order valence-corrected chi connectivity index (χ4v) is 2.85. The Bertz CT molecular complexity index is 296. The first kappa shape index (κ1) is 13.8. The third-order valence-electron chi connectivity index (χ3n) is 3.89. The van der Waals surface area contributed by atoms with Crippen LogP contribution in [0.4, 0.5) is 0 Å². The summed E-state index contributed by atoms with van der Waals surface area (Å²) in [5.41, 5.74) is 0. The molecular formula is C13H25N3O2. The van der Waals surface area contributed by atoms with Crippen LogP contribution in [0.5, 0.6) is 0 Å². The van der Waals surface area contributed by atoms with Gasteiger partial charge in [-0.2, -0.15) is 0 Å². The molecule has 0 aliphatic carbocycles. The van der Waals surface area contributed by atoms with Crippen molar-refractivity contribution in [3.63, 3.8) is 0 Å². The van der Waals surface area contributed by atoms with Crippen LogP contribution in [0.3, 0.4) is 0 Å². The van der Waals surface area contributed by atoms with Crippen LogP contribution in [0, 0.1) is 5.92 Å². The number of carbonyl (C=O) groups excluding carboxylic acids is 1. The van der Waals surface area contributed by atoms with E-state index in [2.05, 4.69) is 29.4 Å². The van der Waals surface area contributed by atoms with E-state index in [1.165, 1.54) is 0 Å². The number of fused-ring (bicyclic) bond motifs is 1. The Hall–Kier alpha value is -0.650. The number of rotatable bonds is 4. The fourth-order valence-electron chi connectivity index (χ4n) is 2.85. The molecule has 0 bridgehead atoms. The second-order valence-electron chi connectivity index (χ2n) is 5.75. The first-order chi connectivity index (χ1) is 8.60. The van der Waals surface area contributed by atoms with Crippen molar-refractivity contribution in [2.24, 2.45) is 5.92 Å². The van der Waals surface area contributed by atoms with Crippen LogP contribution in [0.15, 0.2) is 0 Å². The SMILES string of the molecule is CNCC(=O)N[C@H]1C[C@H]2CO[C@H](C(C)C)CN2C1. The van der Waals surface area contributed by atoms with Gasteiger partial charge in [-0.1, -0.05) is 13.8 Å². The molecule has 2 aliphatic rings.